The van der Waals surface area contributed by atoms with E-state index >= 15 is 0 Å². The number of hydrogen-bond acceptors (Lipinski definition) is 1. The molecule has 0 unspecified atom stereocenters. The number of halogens is 2. The third kappa shape index (κ3) is 1.63. The Morgan fingerprint density at radius 3 is 2.92 bits per heavy atom. The third-order valence-corrected chi connectivity index (χ3v) is 3.97. The zero-order valence-electron chi connectivity index (χ0n) is 7.10. The van der Waals surface area contributed by atoms with Crippen molar-refractivity contribution < 1.29 is 0 Å². The standard InChI is InChI=1S/C10H8BrClS/c1-6-2-8(11)3-9-7(4-12)5-13-10(6)9/h2-3,5H,4H2,1H3. The van der Waals surface area contributed by atoms with Crippen LogP contribution in [0.15, 0.2) is 22.0 Å². The Balaban J connectivity index is 2.82. The molecule has 0 atom stereocenters. The molecule has 0 aliphatic carbocycles. The van der Waals surface area contributed by atoms with Crippen LogP contribution in [0.1, 0.15) is 11.1 Å². The van der Waals surface area contributed by atoms with Crippen molar-refractivity contribution in [2.45, 2.75) is 12.8 Å². The summed E-state index contributed by atoms with van der Waals surface area (Å²) in [6, 6.07) is 4.27. The number of rotatable bonds is 1. The zero-order chi connectivity index (χ0) is 9.42. The Morgan fingerprint density at radius 2 is 2.23 bits per heavy atom. The highest BCUT2D eigenvalue weighted by atomic mass is 79.9. The number of fused-ring (bicyclic) bond motifs is 1. The van der Waals surface area contributed by atoms with E-state index in [-0.39, 0.29) is 0 Å². The maximum absolute atomic E-state index is 5.84. The SMILES string of the molecule is Cc1cc(Br)cc2c(CCl)csc12. The minimum atomic E-state index is 0.593. The second-order valence-corrected chi connectivity index (χ2v) is 5.06. The fourth-order valence-electron chi connectivity index (χ4n) is 1.42. The average Bonchev–Trinajstić information content (AvgIpc) is 2.47. The van der Waals surface area contributed by atoms with E-state index in [4.69, 9.17) is 11.6 Å². The summed E-state index contributed by atoms with van der Waals surface area (Å²) in [6.07, 6.45) is 0. The third-order valence-electron chi connectivity index (χ3n) is 2.05. The molecule has 0 amide bonds. The van der Waals surface area contributed by atoms with E-state index < -0.39 is 0 Å². The highest BCUT2D eigenvalue weighted by Gasteiger charge is 2.05. The van der Waals surface area contributed by atoms with Gasteiger partial charge in [-0.15, -0.1) is 22.9 Å². The molecule has 0 nitrogen and oxygen atoms in total. The normalized spacial score (nSPS) is 11.0. The van der Waals surface area contributed by atoms with Gasteiger partial charge in [-0.1, -0.05) is 15.9 Å². The number of aryl methyl sites for hydroxylation is 1. The van der Waals surface area contributed by atoms with Crippen LogP contribution in [0.5, 0.6) is 0 Å². The van der Waals surface area contributed by atoms with Crippen LogP contribution in [0.2, 0.25) is 0 Å². The highest BCUT2D eigenvalue weighted by molar-refractivity contribution is 9.10. The molecule has 0 saturated heterocycles. The first-order valence-corrected chi connectivity index (χ1v) is 6.15. The molecular formula is C10H8BrClS. The lowest BCUT2D eigenvalue weighted by atomic mass is 10.1. The van der Waals surface area contributed by atoms with Gasteiger partial charge >= 0.3 is 0 Å². The van der Waals surface area contributed by atoms with Crippen molar-refractivity contribution in [2.75, 3.05) is 0 Å². The Morgan fingerprint density at radius 1 is 1.46 bits per heavy atom. The van der Waals surface area contributed by atoms with Crippen molar-refractivity contribution in [1.82, 2.24) is 0 Å². The van der Waals surface area contributed by atoms with Crippen molar-refractivity contribution in [3.8, 4) is 0 Å². The minimum absolute atomic E-state index is 0.593. The van der Waals surface area contributed by atoms with Crippen LogP contribution in [-0.2, 0) is 5.88 Å². The molecule has 0 aliphatic rings. The van der Waals surface area contributed by atoms with E-state index in [0.717, 1.165) is 4.47 Å². The van der Waals surface area contributed by atoms with Gasteiger partial charge in [0.1, 0.15) is 0 Å². The van der Waals surface area contributed by atoms with E-state index in [1.165, 1.54) is 21.2 Å². The summed E-state index contributed by atoms with van der Waals surface area (Å²) >= 11 is 11.1. The van der Waals surface area contributed by atoms with Crippen LogP contribution in [0.4, 0.5) is 0 Å². The van der Waals surface area contributed by atoms with Gasteiger partial charge in [0.2, 0.25) is 0 Å². The molecule has 2 rings (SSSR count). The highest BCUT2D eigenvalue weighted by Crippen LogP contribution is 2.32. The van der Waals surface area contributed by atoms with Gasteiger partial charge in [-0.25, -0.2) is 0 Å². The summed E-state index contributed by atoms with van der Waals surface area (Å²) in [4.78, 5) is 0. The second-order valence-electron chi connectivity index (χ2n) is 2.99. The van der Waals surface area contributed by atoms with Gasteiger partial charge in [-0.05, 0) is 40.9 Å². The maximum Gasteiger partial charge on any atom is 0.0488 e. The molecule has 1 aromatic carbocycles. The van der Waals surface area contributed by atoms with Crippen molar-refractivity contribution >= 4 is 49.0 Å². The van der Waals surface area contributed by atoms with Crippen LogP contribution < -0.4 is 0 Å². The first-order valence-electron chi connectivity index (χ1n) is 3.94. The maximum atomic E-state index is 5.84. The summed E-state index contributed by atoms with van der Waals surface area (Å²) in [5.74, 6) is 0.593. The Labute approximate surface area is 94.7 Å². The van der Waals surface area contributed by atoms with Gasteiger partial charge < -0.3 is 0 Å². The predicted molar refractivity (Wildman–Crippen MR) is 63.8 cm³/mol. The summed E-state index contributed by atoms with van der Waals surface area (Å²) < 4.78 is 2.47. The number of thiophene rings is 1. The molecule has 0 radical (unpaired) electrons. The largest absolute Gasteiger partial charge is 0.143 e. The minimum Gasteiger partial charge on any atom is -0.143 e. The molecule has 1 heterocycles. The zero-order valence-corrected chi connectivity index (χ0v) is 10.3. The van der Waals surface area contributed by atoms with Crippen molar-refractivity contribution in [2.24, 2.45) is 0 Å². The Hall–Kier alpha value is -0.0500. The topological polar surface area (TPSA) is 0 Å². The second kappa shape index (κ2) is 3.60. The van der Waals surface area contributed by atoms with Gasteiger partial charge in [-0.3, -0.25) is 0 Å². The fourth-order valence-corrected chi connectivity index (χ4v) is 3.34. The van der Waals surface area contributed by atoms with Crippen molar-refractivity contribution in [3.05, 3.63) is 33.1 Å². The Kier molecular flexibility index (Phi) is 2.63. The summed E-state index contributed by atoms with van der Waals surface area (Å²) in [6.45, 7) is 2.13. The molecule has 0 fully saturated rings. The van der Waals surface area contributed by atoms with E-state index in [1.54, 1.807) is 11.3 Å². The van der Waals surface area contributed by atoms with E-state index in [1.807, 2.05) is 0 Å². The van der Waals surface area contributed by atoms with Crippen LogP contribution in [-0.4, -0.2) is 0 Å². The van der Waals surface area contributed by atoms with Crippen molar-refractivity contribution in [1.29, 1.82) is 0 Å². The number of benzene rings is 1. The molecule has 68 valence electrons. The van der Waals surface area contributed by atoms with Crippen LogP contribution in [0.3, 0.4) is 0 Å². The molecule has 0 aliphatic heterocycles. The predicted octanol–water partition coefficient (Wildman–Crippen LogP) is 4.71. The summed E-state index contributed by atoms with van der Waals surface area (Å²) in [7, 11) is 0. The van der Waals surface area contributed by atoms with Gasteiger partial charge in [-0.2, -0.15) is 0 Å². The smallest absolute Gasteiger partial charge is 0.0488 e. The van der Waals surface area contributed by atoms with E-state index in [9.17, 15) is 0 Å². The average molecular weight is 276 g/mol. The number of hydrogen-bond donors (Lipinski definition) is 0. The first-order chi connectivity index (χ1) is 6.22. The van der Waals surface area contributed by atoms with Gasteiger partial charge in [0.15, 0.2) is 0 Å². The molecule has 0 spiro atoms. The molecule has 1 aromatic heterocycles. The fraction of sp³-hybridized carbons (Fsp3) is 0.200. The summed E-state index contributed by atoms with van der Waals surface area (Å²) in [5, 5.41) is 3.42. The van der Waals surface area contributed by atoms with Crippen molar-refractivity contribution in [3.63, 3.8) is 0 Å². The lowest BCUT2D eigenvalue weighted by molar-refractivity contribution is 1.47. The van der Waals surface area contributed by atoms with Gasteiger partial charge in [0, 0.05) is 15.1 Å². The molecular weight excluding hydrogens is 268 g/mol. The van der Waals surface area contributed by atoms with Crippen LogP contribution in [0, 0.1) is 6.92 Å². The van der Waals surface area contributed by atoms with Gasteiger partial charge in [0.25, 0.3) is 0 Å². The molecule has 13 heavy (non-hydrogen) atoms. The summed E-state index contributed by atoms with van der Waals surface area (Å²) in [5.41, 5.74) is 2.54. The van der Waals surface area contributed by atoms with E-state index in [0.29, 0.717) is 5.88 Å². The molecule has 2 aromatic rings. The molecule has 0 bridgehead atoms. The van der Waals surface area contributed by atoms with Gasteiger partial charge in [0.05, 0.1) is 0 Å². The first kappa shape index (κ1) is 9.50. The van der Waals surface area contributed by atoms with Crippen LogP contribution >= 0.6 is 38.9 Å². The lowest BCUT2D eigenvalue weighted by Gasteiger charge is -1.98. The monoisotopic (exact) mass is 274 g/mol. The quantitative estimate of drug-likeness (QED) is 0.661. The Bertz CT molecular complexity index is 447. The molecule has 0 saturated carbocycles. The number of alkyl halides is 1. The van der Waals surface area contributed by atoms with Crippen LogP contribution in [0.25, 0.3) is 10.1 Å². The van der Waals surface area contributed by atoms with E-state index in [2.05, 4.69) is 40.4 Å². The molecule has 0 N–H and O–H groups in total. The lowest BCUT2D eigenvalue weighted by Crippen LogP contribution is -1.77. The molecule has 3 heteroatoms.